The molecule has 1 aliphatic rings. The van der Waals surface area contributed by atoms with Crippen molar-refractivity contribution in [3.8, 4) is 0 Å². The maximum Gasteiger partial charge on any atom is 0.239 e. The van der Waals surface area contributed by atoms with Crippen LogP contribution in [0.5, 0.6) is 0 Å². The Bertz CT molecular complexity index is 829. The fourth-order valence-corrected chi connectivity index (χ4v) is 3.59. The van der Waals surface area contributed by atoms with Crippen molar-refractivity contribution in [2.45, 2.75) is 32.2 Å². The molecule has 0 bridgehead atoms. The molecule has 3 N–H and O–H groups in total. The average Bonchev–Trinajstić information content (AvgIpc) is 2.72. The van der Waals surface area contributed by atoms with Gasteiger partial charge in [0.05, 0.1) is 0 Å². The van der Waals surface area contributed by atoms with Crippen LogP contribution in [-0.2, 0) is 11.2 Å². The van der Waals surface area contributed by atoms with Gasteiger partial charge in [-0.25, -0.2) is 0 Å². The summed E-state index contributed by atoms with van der Waals surface area (Å²) in [6, 6.07) is 11.5. The highest BCUT2D eigenvalue weighted by Gasteiger charge is 2.28. The van der Waals surface area contributed by atoms with Crippen molar-refractivity contribution in [1.82, 2.24) is 10.3 Å². The molecule has 0 saturated carbocycles. The predicted molar refractivity (Wildman–Crippen MR) is 113 cm³/mol. The number of nitrogens with zero attached hydrogens (tertiary/aromatic N) is 2. The number of primary amides is 1. The molecule has 2 aromatic rings. The zero-order valence-corrected chi connectivity index (χ0v) is 16.3. The van der Waals surface area contributed by atoms with Crippen molar-refractivity contribution in [2.24, 2.45) is 16.1 Å². The molecule has 0 fully saturated rings. The Morgan fingerprint density at radius 2 is 2.07 bits per heavy atom. The Kier molecular flexibility index (Phi) is 6.71. The van der Waals surface area contributed by atoms with Gasteiger partial charge in [0.25, 0.3) is 0 Å². The molecule has 5 heteroatoms. The molecule has 5 nitrogen and oxygen atoms in total. The monoisotopic (exact) mass is 376 g/mol. The molecule has 0 radical (unpaired) electrons. The molecule has 146 valence electrons. The molecule has 1 aromatic carbocycles. The summed E-state index contributed by atoms with van der Waals surface area (Å²) in [6.45, 7) is 3.48. The average molecular weight is 377 g/mol. The van der Waals surface area contributed by atoms with E-state index in [-0.39, 0.29) is 11.3 Å². The number of amides is 1. The number of hydrogen-bond donors (Lipinski definition) is 2. The lowest BCUT2D eigenvalue weighted by Crippen LogP contribution is -2.37. The summed E-state index contributed by atoms with van der Waals surface area (Å²) in [4.78, 5) is 20.7. The number of benzene rings is 1. The van der Waals surface area contributed by atoms with Gasteiger partial charge in [0.1, 0.15) is 6.04 Å². The van der Waals surface area contributed by atoms with Gasteiger partial charge in [-0.05, 0) is 56.0 Å². The third-order valence-corrected chi connectivity index (χ3v) is 5.35. The van der Waals surface area contributed by atoms with Crippen molar-refractivity contribution in [2.75, 3.05) is 13.1 Å². The molecular weight excluding hydrogens is 348 g/mol. The topological polar surface area (TPSA) is 80.4 Å². The van der Waals surface area contributed by atoms with Crippen LogP contribution in [0.2, 0.25) is 0 Å². The van der Waals surface area contributed by atoms with Crippen LogP contribution < -0.4 is 11.1 Å². The highest BCUT2D eigenvalue weighted by Crippen LogP contribution is 2.32. The summed E-state index contributed by atoms with van der Waals surface area (Å²) >= 11 is 0. The number of pyridine rings is 1. The van der Waals surface area contributed by atoms with Gasteiger partial charge >= 0.3 is 0 Å². The molecular formula is C23H28N4O. The lowest BCUT2D eigenvalue weighted by Gasteiger charge is -2.31. The fourth-order valence-electron chi connectivity index (χ4n) is 3.59. The van der Waals surface area contributed by atoms with Crippen LogP contribution in [0.25, 0.3) is 0 Å². The first-order valence-corrected chi connectivity index (χ1v) is 9.74. The first kappa shape index (κ1) is 20.0. The van der Waals surface area contributed by atoms with Crippen LogP contribution in [0.1, 0.15) is 35.6 Å². The van der Waals surface area contributed by atoms with E-state index >= 15 is 0 Å². The smallest absolute Gasteiger partial charge is 0.239 e. The molecule has 0 spiro atoms. The van der Waals surface area contributed by atoms with Gasteiger partial charge in [-0.2, -0.15) is 0 Å². The Balaban J connectivity index is 1.62. The van der Waals surface area contributed by atoms with Crippen molar-refractivity contribution in [3.05, 3.63) is 77.6 Å². The molecule has 2 unspecified atom stereocenters. The normalized spacial score (nSPS) is 19.5. The van der Waals surface area contributed by atoms with Crippen LogP contribution in [-0.4, -0.2) is 30.2 Å². The fraction of sp³-hybridized carbons (Fsp3) is 0.348. The van der Waals surface area contributed by atoms with E-state index in [0.717, 1.165) is 36.9 Å². The number of aliphatic imine (C=N–C) groups is 1. The number of nitrogens with one attached hydrogen (secondary N) is 1. The molecule has 28 heavy (non-hydrogen) atoms. The Hall–Kier alpha value is -2.79. The minimum Gasteiger partial charge on any atom is -0.368 e. The molecule has 2 heterocycles. The quantitative estimate of drug-likeness (QED) is 0.705. The van der Waals surface area contributed by atoms with Gasteiger partial charge in [0, 0.05) is 30.6 Å². The lowest BCUT2D eigenvalue weighted by molar-refractivity contribution is -0.120. The van der Waals surface area contributed by atoms with Gasteiger partial charge in [-0.15, -0.1) is 0 Å². The Morgan fingerprint density at radius 1 is 1.25 bits per heavy atom. The number of rotatable bonds is 9. The highest BCUT2D eigenvalue weighted by atomic mass is 16.1. The second kappa shape index (κ2) is 9.42. The lowest BCUT2D eigenvalue weighted by atomic mass is 9.78. The number of dihydropyridines is 1. The number of allylic oxidation sites excluding steroid dienone is 1. The van der Waals surface area contributed by atoms with Crippen LogP contribution in [0.4, 0.5) is 0 Å². The summed E-state index contributed by atoms with van der Waals surface area (Å²) in [7, 11) is 0. The van der Waals surface area contributed by atoms with Crippen molar-refractivity contribution in [1.29, 1.82) is 0 Å². The second-order valence-electron chi connectivity index (χ2n) is 7.52. The minimum atomic E-state index is -0.480. The van der Waals surface area contributed by atoms with Crippen LogP contribution in [0, 0.1) is 12.3 Å². The van der Waals surface area contributed by atoms with E-state index in [0.29, 0.717) is 6.54 Å². The Morgan fingerprint density at radius 3 is 2.71 bits per heavy atom. The number of carbonyl (C=O) groups excluding carboxylic acids is 1. The number of carbonyl (C=O) groups is 1. The first-order chi connectivity index (χ1) is 13.6. The maximum absolute atomic E-state index is 12.0. The standard InChI is InChI=1S/C23H28N4O/c1-18-5-7-20(8-6-18)21(22(24)28)27-15-12-23(10-3-14-26-17-23)11-9-19-4-2-13-25-16-19/h2-8,10,13-14,16,21,27H,9,11-12,15,17H2,1H3,(H2,24,28). The van der Waals surface area contributed by atoms with E-state index in [1.807, 2.05) is 55.7 Å². The van der Waals surface area contributed by atoms with Crippen LogP contribution in [0.3, 0.4) is 0 Å². The van der Waals surface area contributed by atoms with Crippen molar-refractivity contribution < 1.29 is 4.79 Å². The molecule has 1 aliphatic heterocycles. The molecule has 1 amide bonds. The van der Waals surface area contributed by atoms with Crippen LogP contribution >= 0.6 is 0 Å². The van der Waals surface area contributed by atoms with Crippen molar-refractivity contribution >= 4 is 12.1 Å². The number of nitrogens with two attached hydrogens (primary N) is 1. The van der Waals surface area contributed by atoms with Gasteiger partial charge in [-0.1, -0.05) is 42.0 Å². The van der Waals surface area contributed by atoms with E-state index in [4.69, 9.17) is 5.73 Å². The van der Waals surface area contributed by atoms with E-state index in [9.17, 15) is 4.79 Å². The molecule has 0 aliphatic carbocycles. The molecule has 1 aromatic heterocycles. The third-order valence-electron chi connectivity index (χ3n) is 5.35. The number of aromatic nitrogens is 1. The largest absolute Gasteiger partial charge is 0.368 e. The van der Waals surface area contributed by atoms with E-state index < -0.39 is 6.04 Å². The third kappa shape index (κ3) is 5.36. The van der Waals surface area contributed by atoms with E-state index in [2.05, 4.69) is 27.4 Å². The summed E-state index contributed by atoms with van der Waals surface area (Å²) in [5.41, 5.74) is 8.92. The van der Waals surface area contributed by atoms with E-state index in [1.165, 1.54) is 5.56 Å². The summed E-state index contributed by atoms with van der Waals surface area (Å²) in [6.07, 6.45) is 12.7. The summed E-state index contributed by atoms with van der Waals surface area (Å²) < 4.78 is 0. The molecule has 3 rings (SSSR count). The van der Waals surface area contributed by atoms with Gasteiger partial charge in [0.15, 0.2) is 0 Å². The second-order valence-corrected chi connectivity index (χ2v) is 7.52. The zero-order valence-electron chi connectivity index (χ0n) is 16.3. The maximum atomic E-state index is 12.0. The van der Waals surface area contributed by atoms with Crippen molar-refractivity contribution in [3.63, 3.8) is 0 Å². The zero-order chi connectivity index (χ0) is 19.8. The molecule has 0 saturated heterocycles. The number of hydrogen-bond acceptors (Lipinski definition) is 4. The summed E-state index contributed by atoms with van der Waals surface area (Å²) in [5.74, 6) is -0.356. The Labute approximate surface area is 166 Å². The minimum absolute atomic E-state index is 0.0208. The SMILES string of the molecule is Cc1ccc(C(NCCC2(CCc3cccnc3)C=CC=NC2)C(N)=O)cc1. The van der Waals surface area contributed by atoms with E-state index in [1.54, 1.807) is 6.20 Å². The van der Waals surface area contributed by atoms with Gasteiger partial charge < -0.3 is 11.1 Å². The summed E-state index contributed by atoms with van der Waals surface area (Å²) in [5, 5.41) is 3.35. The highest BCUT2D eigenvalue weighted by molar-refractivity contribution is 5.81. The predicted octanol–water partition coefficient (Wildman–Crippen LogP) is 3.16. The first-order valence-electron chi connectivity index (χ1n) is 9.74. The van der Waals surface area contributed by atoms with Crippen LogP contribution in [0.15, 0.2) is 65.9 Å². The van der Waals surface area contributed by atoms with Gasteiger partial charge in [-0.3, -0.25) is 14.8 Å². The number of aryl methyl sites for hydroxylation is 2. The molecule has 2 atom stereocenters. The van der Waals surface area contributed by atoms with Gasteiger partial charge in [0.2, 0.25) is 5.91 Å².